The number of carbonyl (C=O) groups is 1. The first kappa shape index (κ1) is 11.6. The van der Waals surface area contributed by atoms with E-state index in [2.05, 4.69) is 29.8 Å². The van der Waals surface area contributed by atoms with Crippen molar-refractivity contribution in [3.8, 4) is 0 Å². The molecule has 1 aromatic rings. The Balaban J connectivity index is 2.94. The van der Waals surface area contributed by atoms with Crippen LogP contribution in [0, 0.1) is 0 Å². The largest absolute Gasteiger partial charge is 0.478 e. The summed E-state index contributed by atoms with van der Waals surface area (Å²) in [7, 11) is 0. The van der Waals surface area contributed by atoms with Gasteiger partial charge in [-0.2, -0.15) is 0 Å². The van der Waals surface area contributed by atoms with E-state index >= 15 is 0 Å². The lowest BCUT2D eigenvalue weighted by Crippen LogP contribution is -1.97. The number of hydrogen-bond donors (Lipinski definition) is 1. The fourth-order valence-corrected chi connectivity index (χ4v) is 2.59. The Bertz CT molecular complexity index is 350. The van der Waals surface area contributed by atoms with E-state index in [1.54, 1.807) is 17.8 Å². The molecule has 0 atom stereocenters. The molecule has 0 spiro atoms. The molecule has 0 aromatic heterocycles. The highest BCUT2D eigenvalue weighted by Gasteiger charge is 2.08. The lowest BCUT2D eigenvalue weighted by molar-refractivity contribution is 0.0696. The third-order valence-electron chi connectivity index (χ3n) is 1.54. The average molecular weight is 275 g/mol. The van der Waals surface area contributed by atoms with Gasteiger partial charge in [0.05, 0.1) is 5.56 Å². The van der Waals surface area contributed by atoms with Gasteiger partial charge in [-0.3, -0.25) is 0 Å². The summed E-state index contributed by atoms with van der Waals surface area (Å²) in [5.41, 5.74) is 0.304. The van der Waals surface area contributed by atoms with E-state index in [-0.39, 0.29) is 0 Å². The van der Waals surface area contributed by atoms with Crippen LogP contribution in [-0.2, 0) is 0 Å². The molecule has 76 valence electrons. The third-order valence-corrected chi connectivity index (χ3v) is 3.20. The van der Waals surface area contributed by atoms with Gasteiger partial charge in [0, 0.05) is 14.6 Å². The van der Waals surface area contributed by atoms with Crippen LogP contribution in [0.1, 0.15) is 24.2 Å². The number of carboxylic acid groups (broad SMARTS) is 1. The first-order valence-electron chi connectivity index (χ1n) is 4.20. The molecule has 0 aliphatic heterocycles. The molecular weight excluding hydrogens is 264 g/mol. The molecule has 0 amide bonds. The first-order chi connectivity index (χ1) is 6.50. The van der Waals surface area contributed by atoms with E-state index in [0.717, 1.165) is 4.90 Å². The summed E-state index contributed by atoms with van der Waals surface area (Å²) in [6.45, 7) is 4.20. The van der Waals surface area contributed by atoms with Crippen LogP contribution in [0.5, 0.6) is 0 Å². The fourth-order valence-electron chi connectivity index (χ4n) is 1.01. The van der Waals surface area contributed by atoms with Gasteiger partial charge in [0.15, 0.2) is 0 Å². The Kier molecular flexibility index (Phi) is 4.01. The Morgan fingerprint density at radius 3 is 2.57 bits per heavy atom. The number of hydrogen-bond acceptors (Lipinski definition) is 2. The van der Waals surface area contributed by atoms with Crippen LogP contribution in [0.25, 0.3) is 0 Å². The smallest absolute Gasteiger partial charge is 0.336 e. The van der Waals surface area contributed by atoms with Crippen LogP contribution in [0.3, 0.4) is 0 Å². The predicted octanol–water partition coefficient (Wildman–Crippen LogP) is 3.65. The molecule has 0 bridgehead atoms. The Morgan fingerprint density at radius 1 is 1.50 bits per heavy atom. The summed E-state index contributed by atoms with van der Waals surface area (Å²) >= 11 is 4.95. The van der Waals surface area contributed by atoms with Crippen molar-refractivity contribution in [1.82, 2.24) is 0 Å². The minimum Gasteiger partial charge on any atom is -0.478 e. The highest BCUT2D eigenvalue weighted by molar-refractivity contribution is 9.10. The van der Waals surface area contributed by atoms with Crippen LogP contribution in [-0.4, -0.2) is 16.3 Å². The van der Waals surface area contributed by atoms with Gasteiger partial charge in [0.1, 0.15) is 0 Å². The van der Waals surface area contributed by atoms with Crippen molar-refractivity contribution in [2.24, 2.45) is 0 Å². The first-order valence-corrected chi connectivity index (χ1v) is 5.87. The SMILES string of the molecule is CC(C)Sc1ccc(C(=O)O)c(Br)c1. The van der Waals surface area contributed by atoms with Crippen molar-refractivity contribution in [2.75, 3.05) is 0 Å². The second-order valence-corrected chi connectivity index (χ2v) is 5.62. The molecule has 0 aliphatic carbocycles. The predicted molar refractivity (Wildman–Crippen MR) is 62.1 cm³/mol. The van der Waals surface area contributed by atoms with Gasteiger partial charge in [-0.25, -0.2) is 4.79 Å². The van der Waals surface area contributed by atoms with Crippen LogP contribution < -0.4 is 0 Å². The van der Waals surface area contributed by atoms with Crippen molar-refractivity contribution in [3.63, 3.8) is 0 Å². The quantitative estimate of drug-likeness (QED) is 0.855. The van der Waals surface area contributed by atoms with E-state index in [9.17, 15) is 4.79 Å². The molecule has 0 saturated heterocycles. The fraction of sp³-hybridized carbons (Fsp3) is 0.300. The molecule has 14 heavy (non-hydrogen) atoms. The minimum absolute atomic E-state index is 0.304. The molecular formula is C10H11BrO2S. The molecule has 2 nitrogen and oxygen atoms in total. The lowest BCUT2D eigenvalue weighted by Gasteiger charge is -2.06. The van der Waals surface area contributed by atoms with E-state index < -0.39 is 5.97 Å². The maximum atomic E-state index is 10.7. The van der Waals surface area contributed by atoms with Crippen molar-refractivity contribution < 1.29 is 9.90 Å². The Morgan fingerprint density at radius 2 is 2.14 bits per heavy atom. The zero-order valence-corrected chi connectivity index (χ0v) is 10.4. The monoisotopic (exact) mass is 274 g/mol. The average Bonchev–Trinajstić information content (AvgIpc) is 2.01. The number of benzene rings is 1. The highest BCUT2D eigenvalue weighted by Crippen LogP contribution is 2.27. The van der Waals surface area contributed by atoms with Gasteiger partial charge in [0.2, 0.25) is 0 Å². The number of rotatable bonds is 3. The van der Waals surface area contributed by atoms with E-state index in [1.165, 1.54) is 0 Å². The zero-order chi connectivity index (χ0) is 10.7. The number of halogens is 1. The molecule has 0 fully saturated rings. The Hall–Kier alpha value is -0.480. The minimum atomic E-state index is -0.905. The molecule has 0 heterocycles. The normalized spacial score (nSPS) is 10.6. The number of thioether (sulfide) groups is 1. The van der Waals surface area contributed by atoms with Crippen molar-refractivity contribution >= 4 is 33.7 Å². The lowest BCUT2D eigenvalue weighted by atomic mass is 10.2. The zero-order valence-electron chi connectivity index (χ0n) is 7.95. The van der Waals surface area contributed by atoms with Crippen LogP contribution in [0.15, 0.2) is 27.6 Å². The molecule has 0 radical (unpaired) electrons. The van der Waals surface area contributed by atoms with Crippen LogP contribution >= 0.6 is 27.7 Å². The number of aromatic carboxylic acids is 1. The van der Waals surface area contributed by atoms with E-state index in [0.29, 0.717) is 15.3 Å². The van der Waals surface area contributed by atoms with Crippen molar-refractivity contribution in [2.45, 2.75) is 24.0 Å². The molecule has 4 heteroatoms. The van der Waals surface area contributed by atoms with Gasteiger partial charge in [-0.05, 0) is 34.1 Å². The topological polar surface area (TPSA) is 37.3 Å². The second kappa shape index (κ2) is 4.84. The van der Waals surface area contributed by atoms with E-state index in [1.807, 2.05) is 12.1 Å². The summed E-state index contributed by atoms with van der Waals surface area (Å²) in [5.74, 6) is -0.905. The van der Waals surface area contributed by atoms with Gasteiger partial charge in [-0.15, -0.1) is 11.8 Å². The molecule has 0 aliphatic rings. The summed E-state index contributed by atoms with van der Waals surface area (Å²) in [5, 5.41) is 9.30. The third kappa shape index (κ3) is 3.03. The standard InChI is InChI=1S/C10H11BrO2S/c1-6(2)14-7-3-4-8(10(12)13)9(11)5-7/h3-6H,1-2H3,(H,12,13). The Labute approximate surface area is 95.8 Å². The summed E-state index contributed by atoms with van der Waals surface area (Å²) < 4.78 is 0.635. The molecule has 0 unspecified atom stereocenters. The van der Waals surface area contributed by atoms with Crippen LogP contribution in [0.4, 0.5) is 0 Å². The molecule has 1 aromatic carbocycles. The molecule has 0 saturated carbocycles. The molecule has 1 rings (SSSR count). The van der Waals surface area contributed by atoms with Gasteiger partial charge in [0.25, 0.3) is 0 Å². The molecule has 1 N–H and O–H groups in total. The summed E-state index contributed by atoms with van der Waals surface area (Å²) in [6.07, 6.45) is 0. The summed E-state index contributed by atoms with van der Waals surface area (Å²) in [4.78, 5) is 11.8. The van der Waals surface area contributed by atoms with Crippen LogP contribution in [0.2, 0.25) is 0 Å². The van der Waals surface area contributed by atoms with Gasteiger partial charge >= 0.3 is 5.97 Å². The number of carboxylic acids is 1. The summed E-state index contributed by atoms with van der Waals surface area (Å²) in [6, 6.07) is 5.30. The highest BCUT2D eigenvalue weighted by atomic mass is 79.9. The second-order valence-electron chi connectivity index (χ2n) is 3.11. The van der Waals surface area contributed by atoms with Gasteiger partial charge < -0.3 is 5.11 Å². The maximum Gasteiger partial charge on any atom is 0.336 e. The van der Waals surface area contributed by atoms with E-state index in [4.69, 9.17) is 5.11 Å². The maximum absolute atomic E-state index is 10.7. The van der Waals surface area contributed by atoms with Crippen molar-refractivity contribution in [3.05, 3.63) is 28.2 Å². The van der Waals surface area contributed by atoms with Crippen molar-refractivity contribution in [1.29, 1.82) is 0 Å². The van der Waals surface area contributed by atoms with Gasteiger partial charge in [-0.1, -0.05) is 13.8 Å².